The molecule has 2 aromatic carbocycles. The molecule has 160 valence electrons. The molecule has 30 heavy (non-hydrogen) atoms. The molecule has 0 saturated heterocycles. The van der Waals surface area contributed by atoms with Gasteiger partial charge in [-0.05, 0) is 43.4 Å². The summed E-state index contributed by atoms with van der Waals surface area (Å²) >= 11 is 6.27. The Morgan fingerprint density at radius 1 is 1.03 bits per heavy atom. The number of hydrogen-bond acceptors (Lipinski definition) is 2. The lowest BCUT2D eigenvalue weighted by atomic mass is 9.95. The predicted octanol–water partition coefficient (Wildman–Crippen LogP) is 4.79. The molecule has 1 aliphatic carbocycles. The van der Waals surface area contributed by atoms with Crippen LogP contribution >= 0.6 is 11.6 Å². The highest BCUT2D eigenvalue weighted by atomic mass is 35.5. The summed E-state index contributed by atoms with van der Waals surface area (Å²) in [5.74, 6) is -0.146. The van der Waals surface area contributed by atoms with Gasteiger partial charge in [0.25, 0.3) is 0 Å². The molecule has 0 heterocycles. The molecule has 0 aromatic heterocycles. The first-order chi connectivity index (χ1) is 14.5. The van der Waals surface area contributed by atoms with Crippen LogP contribution in [0.3, 0.4) is 0 Å². The van der Waals surface area contributed by atoms with Gasteiger partial charge < -0.3 is 10.2 Å². The van der Waals surface area contributed by atoms with Gasteiger partial charge in [-0.1, -0.05) is 79.4 Å². The van der Waals surface area contributed by atoms with Gasteiger partial charge in [0.2, 0.25) is 11.8 Å². The van der Waals surface area contributed by atoms with Gasteiger partial charge in [0.05, 0.1) is 6.42 Å². The predicted molar refractivity (Wildman–Crippen MR) is 121 cm³/mol. The average Bonchev–Trinajstić information content (AvgIpc) is 2.77. The fourth-order valence-corrected chi connectivity index (χ4v) is 4.25. The molecule has 0 bridgehead atoms. The van der Waals surface area contributed by atoms with E-state index in [0.29, 0.717) is 18.0 Å². The van der Waals surface area contributed by atoms with Gasteiger partial charge in [0, 0.05) is 17.6 Å². The minimum atomic E-state index is -0.523. The van der Waals surface area contributed by atoms with Crippen molar-refractivity contribution in [1.29, 1.82) is 0 Å². The third-order valence-corrected chi connectivity index (χ3v) is 6.27. The summed E-state index contributed by atoms with van der Waals surface area (Å²) in [5, 5.41) is 3.75. The summed E-state index contributed by atoms with van der Waals surface area (Å²) in [4.78, 5) is 27.9. The Labute approximate surface area is 184 Å². The van der Waals surface area contributed by atoms with Gasteiger partial charge in [-0.3, -0.25) is 9.59 Å². The van der Waals surface area contributed by atoms with E-state index in [0.717, 1.165) is 36.8 Å². The third-order valence-electron chi connectivity index (χ3n) is 5.90. The fraction of sp³-hybridized carbons (Fsp3) is 0.440. The molecule has 0 spiro atoms. The lowest BCUT2D eigenvalue weighted by molar-refractivity contribution is -0.139. The molecular formula is C25H31ClN2O2. The van der Waals surface area contributed by atoms with E-state index in [1.54, 1.807) is 11.0 Å². The Kier molecular flexibility index (Phi) is 8.32. The van der Waals surface area contributed by atoms with E-state index >= 15 is 0 Å². The van der Waals surface area contributed by atoms with E-state index in [-0.39, 0.29) is 24.3 Å². The number of nitrogens with zero attached hydrogens (tertiary/aromatic N) is 1. The second kappa shape index (κ2) is 11.2. The van der Waals surface area contributed by atoms with Gasteiger partial charge in [0.1, 0.15) is 6.04 Å². The number of nitrogens with one attached hydrogen (secondary N) is 1. The summed E-state index contributed by atoms with van der Waals surface area (Å²) in [6.07, 6.45) is 6.49. The van der Waals surface area contributed by atoms with Crippen molar-refractivity contribution in [2.75, 3.05) is 6.54 Å². The van der Waals surface area contributed by atoms with Crippen LogP contribution in [0, 0.1) is 0 Å². The van der Waals surface area contributed by atoms with Crippen molar-refractivity contribution < 1.29 is 9.59 Å². The summed E-state index contributed by atoms with van der Waals surface area (Å²) in [7, 11) is 0. The molecule has 0 aliphatic heterocycles. The topological polar surface area (TPSA) is 49.4 Å². The first kappa shape index (κ1) is 22.4. The molecule has 1 saturated carbocycles. The Morgan fingerprint density at radius 2 is 1.70 bits per heavy atom. The van der Waals surface area contributed by atoms with Gasteiger partial charge in [0.15, 0.2) is 0 Å². The average molecular weight is 427 g/mol. The number of hydrogen-bond donors (Lipinski definition) is 1. The van der Waals surface area contributed by atoms with E-state index in [2.05, 4.69) is 5.32 Å². The molecule has 0 radical (unpaired) electrons. The Hall–Kier alpha value is -2.33. The lowest BCUT2D eigenvalue weighted by Crippen LogP contribution is -2.51. The number of carbonyl (C=O) groups excluding carboxylic acids is 2. The van der Waals surface area contributed by atoms with Crippen LogP contribution in [0.5, 0.6) is 0 Å². The fourth-order valence-electron chi connectivity index (χ4n) is 4.05. The summed E-state index contributed by atoms with van der Waals surface area (Å²) in [6, 6.07) is 17.1. The number of halogens is 1. The molecule has 2 aromatic rings. The molecule has 3 rings (SSSR count). The highest BCUT2D eigenvalue weighted by Crippen LogP contribution is 2.19. The molecule has 1 N–H and O–H groups in total. The number of rotatable bonds is 8. The van der Waals surface area contributed by atoms with E-state index in [4.69, 9.17) is 11.6 Å². The van der Waals surface area contributed by atoms with Crippen LogP contribution in [0.25, 0.3) is 0 Å². The number of carbonyl (C=O) groups is 2. The Morgan fingerprint density at radius 3 is 2.40 bits per heavy atom. The minimum Gasteiger partial charge on any atom is -0.352 e. The summed E-state index contributed by atoms with van der Waals surface area (Å²) in [5.41, 5.74) is 1.93. The maximum Gasteiger partial charge on any atom is 0.242 e. The SMILES string of the molecule is CC(C(=O)NC1CCCCC1)N(CCc1ccccc1)C(=O)Cc1ccccc1Cl. The molecule has 1 unspecified atom stereocenters. The summed E-state index contributed by atoms with van der Waals surface area (Å²) < 4.78 is 0. The van der Waals surface area contributed by atoms with Crippen LogP contribution in [0.4, 0.5) is 0 Å². The maximum absolute atomic E-state index is 13.2. The zero-order valence-corrected chi connectivity index (χ0v) is 18.4. The highest BCUT2D eigenvalue weighted by Gasteiger charge is 2.28. The van der Waals surface area contributed by atoms with Gasteiger partial charge in [-0.25, -0.2) is 0 Å². The molecule has 4 nitrogen and oxygen atoms in total. The number of benzene rings is 2. The molecule has 1 fully saturated rings. The van der Waals surface area contributed by atoms with Crippen LogP contribution in [-0.2, 0) is 22.4 Å². The first-order valence-electron chi connectivity index (χ1n) is 10.9. The van der Waals surface area contributed by atoms with Crippen molar-refractivity contribution in [1.82, 2.24) is 10.2 Å². The summed E-state index contributed by atoms with van der Waals surface area (Å²) in [6.45, 7) is 2.32. The van der Waals surface area contributed by atoms with Crippen LogP contribution in [0.2, 0.25) is 5.02 Å². The van der Waals surface area contributed by atoms with E-state index in [1.807, 2.05) is 55.5 Å². The van der Waals surface area contributed by atoms with Crippen LogP contribution < -0.4 is 5.32 Å². The smallest absolute Gasteiger partial charge is 0.242 e. The standard InChI is InChI=1S/C25H31ClN2O2/c1-19(25(30)27-22-13-6-3-7-14-22)28(17-16-20-10-4-2-5-11-20)24(29)18-21-12-8-9-15-23(21)26/h2,4-5,8-12,15,19,22H,3,6-7,13-14,16-18H2,1H3,(H,27,30). The second-order valence-corrected chi connectivity index (χ2v) is 8.52. The van der Waals surface area contributed by atoms with E-state index in [9.17, 15) is 9.59 Å². The first-order valence-corrected chi connectivity index (χ1v) is 11.3. The van der Waals surface area contributed by atoms with Crippen molar-refractivity contribution >= 4 is 23.4 Å². The molecular weight excluding hydrogens is 396 g/mol. The highest BCUT2D eigenvalue weighted by molar-refractivity contribution is 6.31. The zero-order chi connectivity index (χ0) is 21.3. The molecule has 5 heteroatoms. The van der Waals surface area contributed by atoms with Crippen molar-refractivity contribution in [3.05, 3.63) is 70.7 Å². The van der Waals surface area contributed by atoms with Crippen LogP contribution in [0.1, 0.15) is 50.2 Å². The van der Waals surface area contributed by atoms with E-state index in [1.165, 1.54) is 6.42 Å². The van der Waals surface area contributed by atoms with Gasteiger partial charge in [-0.2, -0.15) is 0 Å². The van der Waals surface area contributed by atoms with Gasteiger partial charge >= 0.3 is 0 Å². The van der Waals surface area contributed by atoms with Crippen molar-refractivity contribution in [3.63, 3.8) is 0 Å². The quantitative estimate of drug-likeness (QED) is 0.659. The van der Waals surface area contributed by atoms with Crippen molar-refractivity contribution in [2.45, 2.75) is 64.0 Å². The van der Waals surface area contributed by atoms with Crippen molar-refractivity contribution in [3.8, 4) is 0 Å². The zero-order valence-electron chi connectivity index (χ0n) is 17.6. The monoisotopic (exact) mass is 426 g/mol. The third kappa shape index (κ3) is 6.33. The second-order valence-electron chi connectivity index (χ2n) is 8.11. The Bertz CT molecular complexity index is 834. The van der Waals surface area contributed by atoms with Crippen molar-refractivity contribution in [2.24, 2.45) is 0 Å². The molecule has 1 aliphatic rings. The molecule has 2 amide bonds. The van der Waals surface area contributed by atoms with Crippen LogP contribution in [0.15, 0.2) is 54.6 Å². The Balaban J connectivity index is 1.70. The normalized spacial score (nSPS) is 15.4. The lowest BCUT2D eigenvalue weighted by Gasteiger charge is -2.31. The minimum absolute atomic E-state index is 0.0672. The van der Waals surface area contributed by atoms with Crippen LogP contribution in [-0.4, -0.2) is 35.3 Å². The van der Waals surface area contributed by atoms with E-state index < -0.39 is 6.04 Å². The largest absolute Gasteiger partial charge is 0.352 e. The van der Waals surface area contributed by atoms with Gasteiger partial charge in [-0.15, -0.1) is 0 Å². The maximum atomic E-state index is 13.2. The molecule has 1 atom stereocenters. The number of amides is 2.